The Bertz CT molecular complexity index is 588. The van der Waals surface area contributed by atoms with E-state index in [9.17, 15) is 9.59 Å². The predicted octanol–water partition coefficient (Wildman–Crippen LogP) is 3.42. The molecule has 0 aliphatic heterocycles. The molecule has 0 unspecified atom stereocenters. The number of carbonyl (C=O) groups excluding carboxylic acids is 2. The number of rotatable bonds is 5. The van der Waals surface area contributed by atoms with E-state index in [0.717, 1.165) is 17.7 Å². The van der Waals surface area contributed by atoms with E-state index in [0.29, 0.717) is 17.7 Å². The van der Waals surface area contributed by atoms with Crippen LogP contribution in [0.4, 0.5) is 11.4 Å². The zero-order valence-corrected chi connectivity index (χ0v) is 11.1. The maximum Gasteiger partial charge on any atom is 0.338 e. The van der Waals surface area contributed by atoms with Crippen molar-refractivity contribution in [1.82, 2.24) is 0 Å². The number of nitrogens with one attached hydrogen (secondary N) is 1. The number of hydrogen-bond acceptors (Lipinski definition) is 4. The summed E-state index contributed by atoms with van der Waals surface area (Å²) >= 11 is 0. The normalized spacial score (nSPS) is 9.85. The van der Waals surface area contributed by atoms with E-state index in [2.05, 4.69) is 5.32 Å². The summed E-state index contributed by atoms with van der Waals surface area (Å²) in [4.78, 5) is 22.1. The number of esters is 1. The van der Waals surface area contributed by atoms with Crippen molar-refractivity contribution in [1.29, 1.82) is 0 Å². The van der Waals surface area contributed by atoms with Gasteiger partial charge in [-0.1, -0.05) is 0 Å². The average Bonchev–Trinajstić information content (AvgIpc) is 2.49. The fourth-order valence-corrected chi connectivity index (χ4v) is 1.72. The van der Waals surface area contributed by atoms with Gasteiger partial charge in [0.25, 0.3) is 0 Å². The van der Waals surface area contributed by atoms with Gasteiger partial charge in [-0.25, -0.2) is 4.79 Å². The van der Waals surface area contributed by atoms with E-state index in [1.165, 1.54) is 0 Å². The maximum atomic E-state index is 11.5. The second-order valence-corrected chi connectivity index (χ2v) is 4.16. The highest BCUT2D eigenvalue weighted by molar-refractivity contribution is 5.89. The monoisotopic (exact) mass is 269 g/mol. The van der Waals surface area contributed by atoms with Crippen LogP contribution in [0, 0.1) is 0 Å². The second kappa shape index (κ2) is 6.52. The van der Waals surface area contributed by atoms with Crippen LogP contribution < -0.4 is 5.32 Å². The number of hydrogen-bond donors (Lipinski definition) is 1. The first-order valence-corrected chi connectivity index (χ1v) is 6.32. The molecule has 0 bridgehead atoms. The lowest BCUT2D eigenvalue weighted by Gasteiger charge is -2.07. The predicted molar refractivity (Wildman–Crippen MR) is 77.5 cm³/mol. The molecule has 0 amide bonds. The molecule has 0 spiro atoms. The molecule has 2 aromatic rings. The van der Waals surface area contributed by atoms with Gasteiger partial charge in [0.1, 0.15) is 6.29 Å². The van der Waals surface area contributed by atoms with Crippen molar-refractivity contribution in [3.8, 4) is 0 Å². The molecule has 0 radical (unpaired) electrons. The lowest BCUT2D eigenvalue weighted by Crippen LogP contribution is -2.04. The van der Waals surface area contributed by atoms with E-state index in [1.807, 2.05) is 12.1 Å². The molecule has 0 heterocycles. The molecular formula is C16H15NO3. The zero-order chi connectivity index (χ0) is 14.4. The van der Waals surface area contributed by atoms with Gasteiger partial charge in [-0.3, -0.25) is 4.79 Å². The van der Waals surface area contributed by atoms with Gasteiger partial charge in [0.2, 0.25) is 0 Å². The maximum absolute atomic E-state index is 11.5. The SMILES string of the molecule is CCOC(=O)c1ccc(Nc2ccc(C=O)cc2)cc1. The molecule has 0 fully saturated rings. The summed E-state index contributed by atoms with van der Waals surface area (Å²) in [6.45, 7) is 2.14. The summed E-state index contributed by atoms with van der Waals surface area (Å²) in [5.41, 5.74) is 2.89. The summed E-state index contributed by atoms with van der Waals surface area (Å²) in [5.74, 6) is -0.325. The Kier molecular flexibility index (Phi) is 4.50. The first kappa shape index (κ1) is 13.8. The minimum Gasteiger partial charge on any atom is -0.462 e. The molecule has 0 atom stereocenters. The Morgan fingerprint density at radius 2 is 1.60 bits per heavy atom. The summed E-state index contributed by atoms with van der Waals surface area (Å²) < 4.78 is 4.92. The molecule has 1 N–H and O–H groups in total. The molecule has 0 aromatic heterocycles. The first-order valence-electron chi connectivity index (χ1n) is 6.32. The van der Waals surface area contributed by atoms with Crippen LogP contribution in [0.2, 0.25) is 0 Å². The highest BCUT2D eigenvalue weighted by atomic mass is 16.5. The van der Waals surface area contributed by atoms with Crippen molar-refractivity contribution in [3.05, 3.63) is 59.7 Å². The van der Waals surface area contributed by atoms with Crippen molar-refractivity contribution in [3.63, 3.8) is 0 Å². The van der Waals surface area contributed by atoms with E-state index in [1.54, 1.807) is 43.3 Å². The highest BCUT2D eigenvalue weighted by Gasteiger charge is 2.05. The lowest BCUT2D eigenvalue weighted by atomic mass is 10.2. The van der Waals surface area contributed by atoms with E-state index < -0.39 is 0 Å². The van der Waals surface area contributed by atoms with Crippen LogP contribution in [-0.4, -0.2) is 18.9 Å². The fraction of sp³-hybridized carbons (Fsp3) is 0.125. The van der Waals surface area contributed by atoms with Gasteiger partial charge in [0, 0.05) is 16.9 Å². The van der Waals surface area contributed by atoms with Crippen LogP contribution in [-0.2, 0) is 4.74 Å². The van der Waals surface area contributed by atoms with Crippen molar-refractivity contribution in [2.75, 3.05) is 11.9 Å². The molecule has 4 nitrogen and oxygen atoms in total. The van der Waals surface area contributed by atoms with E-state index in [4.69, 9.17) is 4.74 Å². The van der Waals surface area contributed by atoms with Crippen molar-refractivity contribution < 1.29 is 14.3 Å². The van der Waals surface area contributed by atoms with Crippen LogP contribution in [0.15, 0.2) is 48.5 Å². The molecule has 20 heavy (non-hydrogen) atoms. The summed E-state index contributed by atoms with van der Waals surface area (Å²) in [5, 5.41) is 3.19. The van der Waals surface area contributed by atoms with Crippen LogP contribution >= 0.6 is 0 Å². The minimum absolute atomic E-state index is 0.325. The fourth-order valence-electron chi connectivity index (χ4n) is 1.72. The largest absolute Gasteiger partial charge is 0.462 e. The van der Waals surface area contributed by atoms with Crippen molar-refractivity contribution in [2.45, 2.75) is 6.92 Å². The van der Waals surface area contributed by atoms with Gasteiger partial charge in [-0.05, 0) is 55.5 Å². The Labute approximate surface area is 117 Å². The number of anilines is 2. The van der Waals surface area contributed by atoms with Gasteiger partial charge < -0.3 is 10.1 Å². The molecule has 0 saturated carbocycles. The Morgan fingerprint density at radius 3 is 2.10 bits per heavy atom. The smallest absolute Gasteiger partial charge is 0.338 e. The number of carbonyl (C=O) groups is 2. The third-order valence-electron chi connectivity index (χ3n) is 2.73. The molecule has 102 valence electrons. The standard InChI is InChI=1S/C16H15NO3/c1-2-20-16(19)13-5-9-15(10-6-13)17-14-7-3-12(11-18)4-8-14/h3-11,17H,2H2,1H3. The molecule has 0 aliphatic carbocycles. The second-order valence-electron chi connectivity index (χ2n) is 4.16. The Hall–Kier alpha value is -2.62. The highest BCUT2D eigenvalue weighted by Crippen LogP contribution is 2.17. The molecular weight excluding hydrogens is 254 g/mol. The summed E-state index contributed by atoms with van der Waals surface area (Å²) in [6.07, 6.45) is 0.803. The van der Waals surface area contributed by atoms with Gasteiger partial charge >= 0.3 is 5.97 Å². The van der Waals surface area contributed by atoms with Gasteiger partial charge in [0.05, 0.1) is 12.2 Å². The van der Waals surface area contributed by atoms with Crippen molar-refractivity contribution >= 4 is 23.6 Å². The summed E-state index contributed by atoms with van der Waals surface area (Å²) in [6, 6.07) is 14.1. The van der Waals surface area contributed by atoms with E-state index in [-0.39, 0.29) is 5.97 Å². The zero-order valence-electron chi connectivity index (χ0n) is 11.1. The summed E-state index contributed by atoms with van der Waals surface area (Å²) in [7, 11) is 0. The quantitative estimate of drug-likeness (QED) is 0.667. The van der Waals surface area contributed by atoms with Gasteiger partial charge in [-0.15, -0.1) is 0 Å². The van der Waals surface area contributed by atoms with Gasteiger partial charge in [0.15, 0.2) is 0 Å². The lowest BCUT2D eigenvalue weighted by molar-refractivity contribution is 0.0526. The molecule has 2 rings (SSSR count). The van der Waals surface area contributed by atoms with Crippen LogP contribution in [0.25, 0.3) is 0 Å². The molecule has 0 saturated heterocycles. The Balaban J connectivity index is 2.06. The third-order valence-corrected chi connectivity index (χ3v) is 2.73. The first-order chi connectivity index (χ1) is 9.72. The Morgan fingerprint density at radius 1 is 1.05 bits per heavy atom. The van der Waals surface area contributed by atoms with Crippen molar-refractivity contribution in [2.24, 2.45) is 0 Å². The molecule has 4 heteroatoms. The van der Waals surface area contributed by atoms with Crippen LogP contribution in [0.5, 0.6) is 0 Å². The molecule has 2 aromatic carbocycles. The minimum atomic E-state index is -0.325. The number of aldehydes is 1. The van der Waals surface area contributed by atoms with Gasteiger partial charge in [-0.2, -0.15) is 0 Å². The van der Waals surface area contributed by atoms with Crippen LogP contribution in [0.3, 0.4) is 0 Å². The van der Waals surface area contributed by atoms with Crippen LogP contribution in [0.1, 0.15) is 27.6 Å². The molecule has 0 aliphatic rings. The van der Waals surface area contributed by atoms with E-state index >= 15 is 0 Å². The average molecular weight is 269 g/mol. The number of ether oxygens (including phenoxy) is 1. The third kappa shape index (κ3) is 3.45. The topological polar surface area (TPSA) is 55.4 Å². The number of benzene rings is 2.